The summed E-state index contributed by atoms with van der Waals surface area (Å²) in [5.74, 6) is 0. The van der Waals surface area contributed by atoms with E-state index in [0.29, 0.717) is 18.8 Å². The van der Waals surface area contributed by atoms with E-state index in [-0.39, 0.29) is 5.69 Å². The highest BCUT2D eigenvalue weighted by atomic mass is 16.6. The van der Waals surface area contributed by atoms with E-state index in [1.807, 2.05) is 32.0 Å². The molecule has 2 rings (SSSR count). The average molecular weight is 286 g/mol. The van der Waals surface area contributed by atoms with Gasteiger partial charge in [0.2, 0.25) is 0 Å². The number of rotatable bonds is 6. The van der Waals surface area contributed by atoms with Gasteiger partial charge in [-0.25, -0.2) is 0 Å². The Bertz CT molecular complexity index is 643. The lowest BCUT2D eigenvalue weighted by Gasteiger charge is -2.10. The summed E-state index contributed by atoms with van der Waals surface area (Å²) in [5, 5.41) is 17.3. The number of aromatic nitrogens is 1. The van der Waals surface area contributed by atoms with Gasteiger partial charge < -0.3 is 10.6 Å². The van der Waals surface area contributed by atoms with Gasteiger partial charge in [0.05, 0.1) is 17.2 Å². The summed E-state index contributed by atoms with van der Waals surface area (Å²) < 4.78 is 0. The van der Waals surface area contributed by atoms with Gasteiger partial charge in [0.15, 0.2) is 0 Å². The summed E-state index contributed by atoms with van der Waals surface area (Å²) in [6.07, 6.45) is 1.74. The number of aryl methyl sites for hydroxylation is 1. The Hall–Kier alpha value is -2.63. The highest BCUT2D eigenvalue weighted by Gasteiger charge is 2.10. The number of nitrogens with one attached hydrogen (secondary N) is 2. The van der Waals surface area contributed by atoms with E-state index in [1.165, 1.54) is 12.1 Å². The fraction of sp³-hybridized carbons (Fsp3) is 0.267. The Morgan fingerprint density at radius 1 is 1.24 bits per heavy atom. The van der Waals surface area contributed by atoms with Gasteiger partial charge in [-0.2, -0.15) is 0 Å². The molecule has 110 valence electrons. The summed E-state index contributed by atoms with van der Waals surface area (Å²) in [6.45, 7) is 5.17. The number of benzene rings is 1. The van der Waals surface area contributed by atoms with Gasteiger partial charge in [-0.1, -0.05) is 6.07 Å². The van der Waals surface area contributed by atoms with Gasteiger partial charge >= 0.3 is 0 Å². The predicted octanol–water partition coefficient (Wildman–Crippen LogP) is 3.34. The van der Waals surface area contributed by atoms with Crippen LogP contribution in [0.3, 0.4) is 0 Å². The van der Waals surface area contributed by atoms with Crippen molar-refractivity contribution in [2.75, 3.05) is 17.2 Å². The number of anilines is 2. The van der Waals surface area contributed by atoms with Gasteiger partial charge in [0.25, 0.3) is 5.69 Å². The van der Waals surface area contributed by atoms with E-state index in [9.17, 15) is 10.1 Å². The normalized spacial score (nSPS) is 10.2. The van der Waals surface area contributed by atoms with Crippen LogP contribution in [0.15, 0.2) is 36.5 Å². The minimum atomic E-state index is -0.391. The molecule has 0 spiro atoms. The molecule has 0 aliphatic rings. The second kappa shape index (κ2) is 6.69. The third kappa shape index (κ3) is 3.92. The van der Waals surface area contributed by atoms with Crippen LogP contribution >= 0.6 is 0 Å². The molecule has 0 aliphatic carbocycles. The zero-order chi connectivity index (χ0) is 15.2. The summed E-state index contributed by atoms with van der Waals surface area (Å²) in [6, 6.07) is 8.78. The summed E-state index contributed by atoms with van der Waals surface area (Å²) in [5.41, 5.74) is 3.50. The summed E-state index contributed by atoms with van der Waals surface area (Å²) in [7, 11) is 0. The topological polar surface area (TPSA) is 80.1 Å². The molecule has 0 atom stereocenters. The molecule has 0 amide bonds. The van der Waals surface area contributed by atoms with Crippen LogP contribution in [0.25, 0.3) is 0 Å². The van der Waals surface area contributed by atoms with Gasteiger partial charge in [0, 0.05) is 36.2 Å². The maximum Gasteiger partial charge on any atom is 0.273 e. The van der Waals surface area contributed by atoms with Crippen molar-refractivity contribution in [2.24, 2.45) is 0 Å². The predicted molar refractivity (Wildman–Crippen MR) is 83.6 cm³/mol. The van der Waals surface area contributed by atoms with E-state index in [2.05, 4.69) is 15.6 Å². The molecule has 2 N–H and O–H groups in total. The first-order chi connectivity index (χ1) is 10.1. The van der Waals surface area contributed by atoms with Crippen molar-refractivity contribution in [2.45, 2.75) is 20.4 Å². The van der Waals surface area contributed by atoms with Crippen LogP contribution in [0.2, 0.25) is 0 Å². The van der Waals surface area contributed by atoms with Crippen molar-refractivity contribution in [3.8, 4) is 0 Å². The lowest BCUT2D eigenvalue weighted by atomic mass is 10.2. The number of nitro groups is 1. The largest absolute Gasteiger partial charge is 0.385 e. The third-order valence-corrected chi connectivity index (χ3v) is 3.09. The molecule has 1 aromatic heterocycles. The van der Waals surface area contributed by atoms with Crippen molar-refractivity contribution in [3.63, 3.8) is 0 Å². The molecule has 0 fully saturated rings. The van der Waals surface area contributed by atoms with Gasteiger partial charge in [-0.05, 0) is 31.5 Å². The quantitative estimate of drug-likeness (QED) is 0.629. The molecule has 1 heterocycles. The Morgan fingerprint density at radius 2 is 1.95 bits per heavy atom. The molecule has 0 radical (unpaired) electrons. The molecular formula is C15H18N4O2. The Morgan fingerprint density at radius 3 is 2.57 bits per heavy atom. The van der Waals surface area contributed by atoms with Gasteiger partial charge in [-0.15, -0.1) is 0 Å². The number of hydrogen-bond acceptors (Lipinski definition) is 5. The van der Waals surface area contributed by atoms with E-state index < -0.39 is 4.92 Å². The van der Waals surface area contributed by atoms with Crippen LogP contribution in [0.5, 0.6) is 0 Å². The molecule has 0 unspecified atom stereocenters. The molecule has 0 saturated heterocycles. The zero-order valence-electron chi connectivity index (χ0n) is 12.1. The van der Waals surface area contributed by atoms with Crippen LogP contribution < -0.4 is 10.6 Å². The standard InChI is InChI=1S/C15H18N4O2/c1-3-16-12-7-13(9-14(8-12)19(20)21)18-10-15-11(2)5-4-6-17-15/h4-9,16,18H,3,10H2,1-2H3. The van der Waals surface area contributed by atoms with Crippen molar-refractivity contribution in [1.29, 1.82) is 0 Å². The average Bonchev–Trinajstić information content (AvgIpc) is 2.46. The number of non-ortho nitro benzene ring substituents is 1. The second-order valence-electron chi connectivity index (χ2n) is 4.68. The van der Waals surface area contributed by atoms with Crippen molar-refractivity contribution in [3.05, 3.63) is 57.9 Å². The van der Waals surface area contributed by atoms with Crippen LogP contribution in [0, 0.1) is 17.0 Å². The minimum absolute atomic E-state index is 0.0636. The zero-order valence-corrected chi connectivity index (χ0v) is 12.1. The van der Waals surface area contributed by atoms with Gasteiger partial charge in [-0.3, -0.25) is 15.1 Å². The van der Waals surface area contributed by atoms with Crippen LogP contribution in [0.1, 0.15) is 18.2 Å². The molecule has 0 aliphatic heterocycles. The monoisotopic (exact) mass is 286 g/mol. The van der Waals surface area contributed by atoms with Crippen molar-refractivity contribution >= 4 is 17.1 Å². The third-order valence-electron chi connectivity index (χ3n) is 3.09. The van der Waals surface area contributed by atoms with Crippen LogP contribution in [-0.4, -0.2) is 16.5 Å². The minimum Gasteiger partial charge on any atom is -0.385 e. The number of nitrogens with zero attached hydrogens (tertiary/aromatic N) is 2. The molecule has 6 heteroatoms. The van der Waals surface area contributed by atoms with E-state index in [4.69, 9.17) is 0 Å². The SMILES string of the molecule is CCNc1cc(NCc2ncccc2C)cc([N+](=O)[O-])c1. The molecule has 21 heavy (non-hydrogen) atoms. The highest BCUT2D eigenvalue weighted by Crippen LogP contribution is 2.24. The number of nitro benzene ring substituents is 1. The van der Waals surface area contributed by atoms with E-state index in [1.54, 1.807) is 6.20 Å². The Labute approximate surface area is 123 Å². The molecule has 0 saturated carbocycles. The fourth-order valence-corrected chi connectivity index (χ4v) is 2.01. The molecular weight excluding hydrogens is 268 g/mol. The maximum absolute atomic E-state index is 11.0. The van der Waals surface area contributed by atoms with Gasteiger partial charge in [0.1, 0.15) is 0 Å². The van der Waals surface area contributed by atoms with Crippen molar-refractivity contribution < 1.29 is 4.92 Å². The number of hydrogen-bond donors (Lipinski definition) is 2. The Kier molecular flexibility index (Phi) is 4.71. The van der Waals surface area contributed by atoms with Crippen molar-refractivity contribution in [1.82, 2.24) is 4.98 Å². The first-order valence-electron chi connectivity index (χ1n) is 6.78. The lowest BCUT2D eigenvalue weighted by molar-refractivity contribution is -0.384. The van der Waals surface area contributed by atoms with Crippen LogP contribution in [0.4, 0.5) is 17.1 Å². The van der Waals surface area contributed by atoms with E-state index >= 15 is 0 Å². The van der Waals surface area contributed by atoms with E-state index in [0.717, 1.165) is 16.9 Å². The lowest BCUT2D eigenvalue weighted by Crippen LogP contribution is -2.05. The fourth-order valence-electron chi connectivity index (χ4n) is 2.01. The maximum atomic E-state index is 11.0. The Balaban J connectivity index is 2.19. The summed E-state index contributed by atoms with van der Waals surface area (Å²) >= 11 is 0. The summed E-state index contributed by atoms with van der Waals surface area (Å²) in [4.78, 5) is 14.9. The number of pyridine rings is 1. The first kappa shape index (κ1) is 14.8. The highest BCUT2D eigenvalue weighted by molar-refractivity contribution is 5.63. The smallest absolute Gasteiger partial charge is 0.273 e. The van der Waals surface area contributed by atoms with Crippen LogP contribution in [-0.2, 0) is 6.54 Å². The second-order valence-corrected chi connectivity index (χ2v) is 4.68. The molecule has 6 nitrogen and oxygen atoms in total. The first-order valence-corrected chi connectivity index (χ1v) is 6.78. The molecule has 0 bridgehead atoms. The molecule has 2 aromatic rings. The molecule has 1 aromatic carbocycles.